The van der Waals surface area contributed by atoms with E-state index in [1.165, 1.54) is 61.3 Å². The van der Waals surface area contributed by atoms with Gasteiger partial charge in [0.05, 0.1) is 28.9 Å². The number of hydrogen-bond acceptors (Lipinski definition) is 10. The average molecular weight is 613 g/mol. The summed E-state index contributed by atoms with van der Waals surface area (Å²) in [4.78, 5) is 49.1. The van der Waals surface area contributed by atoms with Gasteiger partial charge < -0.3 is 25.2 Å². The number of carbonyl (C=O) groups is 3. The van der Waals surface area contributed by atoms with E-state index in [1.807, 2.05) is 6.26 Å². The molecule has 0 bridgehead atoms. The first kappa shape index (κ1) is 31.9. The van der Waals surface area contributed by atoms with E-state index in [4.69, 9.17) is 4.74 Å². The largest absolute Gasteiger partial charge is 0.506 e. The van der Waals surface area contributed by atoms with E-state index in [9.17, 15) is 32.7 Å². The second kappa shape index (κ2) is 14.4. The maximum atomic E-state index is 13.3. The molecule has 0 aliphatic rings. The molecule has 13 heteroatoms. The molecule has 220 valence electrons. The van der Waals surface area contributed by atoms with Gasteiger partial charge in [-0.15, -0.1) is 11.8 Å². The molecule has 1 unspecified atom stereocenters. The molecule has 3 aromatic carbocycles. The lowest BCUT2D eigenvalue weighted by Gasteiger charge is -2.19. The highest BCUT2D eigenvalue weighted by molar-refractivity contribution is 7.98. The number of hydrogen-bond donors (Lipinski definition) is 3. The Morgan fingerprint density at radius 2 is 1.64 bits per heavy atom. The van der Waals surface area contributed by atoms with Crippen molar-refractivity contribution in [3.05, 3.63) is 77.9 Å². The molecular formula is C29H28N2O9S2. The topological polar surface area (TPSA) is 165 Å². The summed E-state index contributed by atoms with van der Waals surface area (Å²) in [5.74, 6) is -1.07. The number of benzene rings is 3. The lowest BCUT2D eigenvalue weighted by Crippen LogP contribution is -2.34. The molecule has 2 amide bonds. The Morgan fingerprint density at radius 3 is 2.21 bits per heavy atom. The number of rotatable bonds is 12. The highest BCUT2D eigenvalue weighted by Gasteiger charge is 2.33. The summed E-state index contributed by atoms with van der Waals surface area (Å²) in [7, 11) is -2.84. The van der Waals surface area contributed by atoms with Crippen LogP contribution in [0.15, 0.2) is 76.5 Å². The summed E-state index contributed by atoms with van der Waals surface area (Å²) in [5.41, 5.74) is 0.199. The van der Waals surface area contributed by atoms with Gasteiger partial charge in [-0.2, -0.15) is 0 Å². The van der Waals surface area contributed by atoms with Gasteiger partial charge >= 0.3 is 5.97 Å². The molecule has 11 nitrogen and oxygen atoms in total. The highest BCUT2D eigenvalue weighted by Crippen LogP contribution is 2.37. The Balaban J connectivity index is 1.89. The minimum absolute atomic E-state index is 0.0181. The fraction of sp³-hybridized carbons (Fsp3) is 0.207. The third-order valence-corrected chi connectivity index (χ3v) is 8.97. The van der Waals surface area contributed by atoms with Gasteiger partial charge in [0.2, 0.25) is 5.91 Å². The normalized spacial score (nSPS) is 11.5. The van der Waals surface area contributed by atoms with Gasteiger partial charge in [0.15, 0.2) is 9.84 Å². The lowest BCUT2D eigenvalue weighted by molar-refractivity contribution is -0.115. The summed E-state index contributed by atoms with van der Waals surface area (Å²) in [6, 6.07) is 14.0. The van der Waals surface area contributed by atoms with Gasteiger partial charge in [-0.1, -0.05) is 6.92 Å². The number of nitrogens with one attached hydrogen (secondary N) is 2. The van der Waals surface area contributed by atoms with Gasteiger partial charge in [-0.3, -0.25) is 9.59 Å². The number of carbonyl (C=O) groups excluding carboxylic acids is 4. The predicted octanol–water partition coefficient (Wildman–Crippen LogP) is 4.11. The Labute approximate surface area is 246 Å². The smallest absolute Gasteiger partial charge is 0.337 e. The Bertz CT molecular complexity index is 1610. The molecule has 0 radical (unpaired) electrons. The number of ether oxygens (including phenoxy) is 2. The number of thioether (sulfide) groups is 1. The molecule has 0 saturated carbocycles. The zero-order valence-corrected chi connectivity index (χ0v) is 24.5. The number of amides is 2. The first-order chi connectivity index (χ1) is 20.0. The van der Waals surface area contributed by atoms with Crippen LogP contribution in [0.5, 0.6) is 11.5 Å². The zero-order valence-electron chi connectivity index (χ0n) is 22.9. The second-order valence-electron chi connectivity index (χ2n) is 8.63. The van der Waals surface area contributed by atoms with Crippen LogP contribution in [0.3, 0.4) is 0 Å². The van der Waals surface area contributed by atoms with E-state index >= 15 is 0 Å². The summed E-state index contributed by atoms with van der Waals surface area (Å²) < 4.78 is 36.7. The molecule has 0 aliphatic carbocycles. The highest BCUT2D eigenvalue weighted by atomic mass is 32.2. The SMILES string of the molecule is CCC(C(=O)Nc1cc(O)c(NC(=O)c2ccc(C(=O)OC)cc2)cc1OCC=C=O)S(=O)(=O)c1ccc(SC)cc1. The third-order valence-electron chi connectivity index (χ3n) is 6.00. The molecule has 0 aliphatic heterocycles. The van der Waals surface area contributed by atoms with Crippen LogP contribution in [0.4, 0.5) is 11.4 Å². The number of methoxy groups -OCH3 is 1. The van der Waals surface area contributed by atoms with Crippen molar-refractivity contribution in [2.75, 3.05) is 30.6 Å². The fourth-order valence-electron chi connectivity index (χ4n) is 3.81. The summed E-state index contributed by atoms with van der Waals surface area (Å²) in [6.07, 6.45) is 2.83. The van der Waals surface area contributed by atoms with Crippen LogP contribution in [-0.2, 0) is 24.2 Å². The van der Waals surface area contributed by atoms with Crippen molar-refractivity contribution < 1.29 is 42.2 Å². The van der Waals surface area contributed by atoms with Gasteiger partial charge in [0, 0.05) is 28.7 Å². The van der Waals surface area contributed by atoms with Gasteiger partial charge in [-0.05, 0) is 61.2 Å². The first-order valence-electron chi connectivity index (χ1n) is 12.4. The molecule has 3 N–H and O–H groups in total. The van der Waals surface area contributed by atoms with Crippen molar-refractivity contribution in [2.45, 2.75) is 28.4 Å². The molecule has 0 heterocycles. The van der Waals surface area contributed by atoms with E-state index in [2.05, 4.69) is 15.4 Å². The minimum Gasteiger partial charge on any atom is -0.506 e. The van der Waals surface area contributed by atoms with Crippen molar-refractivity contribution in [1.82, 2.24) is 0 Å². The standard InChI is InChI=1S/C29H28N2O9S2/c1-4-26(42(37,38)21-12-10-20(41-3)11-13-21)28(35)31-23-16-24(33)22(17-25(23)40-15-5-14-32)30-27(34)18-6-8-19(9-7-18)29(36)39-2/h5-13,16-17,26,33H,4,15H2,1-3H3,(H,30,34)(H,31,35). The van der Waals surface area contributed by atoms with Crippen LogP contribution >= 0.6 is 11.8 Å². The van der Waals surface area contributed by atoms with Gasteiger partial charge in [-0.25, -0.2) is 18.0 Å². The van der Waals surface area contributed by atoms with Crippen LogP contribution in [0.2, 0.25) is 0 Å². The number of anilines is 2. The zero-order chi connectivity index (χ0) is 30.9. The van der Waals surface area contributed by atoms with Gasteiger partial charge in [0.25, 0.3) is 5.91 Å². The van der Waals surface area contributed by atoms with Crippen molar-refractivity contribution in [3.8, 4) is 11.5 Å². The van der Waals surface area contributed by atoms with Crippen LogP contribution in [0, 0.1) is 0 Å². The lowest BCUT2D eigenvalue weighted by atomic mass is 10.1. The second-order valence-corrected chi connectivity index (χ2v) is 11.6. The number of esters is 1. The van der Waals surface area contributed by atoms with E-state index in [-0.39, 0.29) is 46.2 Å². The maximum absolute atomic E-state index is 13.3. The van der Waals surface area contributed by atoms with Crippen LogP contribution in [-0.4, -0.2) is 62.5 Å². The molecule has 3 rings (SSSR count). The maximum Gasteiger partial charge on any atom is 0.337 e. The molecule has 0 spiro atoms. The Morgan fingerprint density at radius 1 is 1.00 bits per heavy atom. The van der Waals surface area contributed by atoms with Crippen molar-refractivity contribution in [2.24, 2.45) is 0 Å². The molecule has 3 aromatic rings. The fourth-order valence-corrected chi connectivity index (χ4v) is 5.84. The molecule has 1 atom stereocenters. The van der Waals surface area contributed by atoms with Crippen molar-refractivity contribution in [3.63, 3.8) is 0 Å². The van der Waals surface area contributed by atoms with E-state index in [0.29, 0.717) is 0 Å². The van der Waals surface area contributed by atoms with E-state index in [1.54, 1.807) is 25.0 Å². The van der Waals surface area contributed by atoms with Crippen LogP contribution in [0.1, 0.15) is 34.1 Å². The van der Waals surface area contributed by atoms with E-state index < -0.39 is 38.6 Å². The number of phenols is 1. The Kier molecular flexibility index (Phi) is 10.9. The van der Waals surface area contributed by atoms with Gasteiger partial charge in [0.1, 0.15) is 29.3 Å². The van der Waals surface area contributed by atoms with Crippen LogP contribution in [0.25, 0.3) is 0 Å². The van der Waals surface area contributed by atoms with Crippen molar-refractivity contribution >= 4 is 56.7 Å². The molecule has 0 saturated heterocycles. The van der Waals surface area contributed by atoms with Crippen molar-refractivity contribution in [1.29, 1.82) is 0 Å². The predicted molar refractivity (Wildman–Crippen MR) is 158 cm³/mol. The Hall–Kier alpha value is -4.58. The quantitative estimate of drug-likeness (QED) is 0.117. The molecule has 0 aromatic heterocycles. The number of sulfone groups is 1. The monoisotopic (exact) mass is 612 g/mol. The summed E-state index contributed by atoms with van der Waals surface area (Å²) >= 11 is 1.45. The molecule has 0 fully saturated rings. The average Bonchev–Trinajstić information content (AvgIpc) is 2.99. The van der Waals surface area contributed by atoms with Crippen LogP contribution < -0.4 is 15.4 Å². The molecular weight excluding hydrogens is 584 g/mol. The summed E-state index contributed by atoms with van der Waals surface area (Å²) in [5, 5.41) is 14.2. The number of aromatic hydroxyl groups is 1. The first-order valence-corrected chi connectivity index (χ1v) is 15.2. The number of phenolic OH excluding ortho intramolecular Hbond substituents is 1. The third kappa shape index (κ3) is 7.58. The van der Waals surface area contributed by atoms with E-state index in [0.717, 1.165) is 17.0 Å². The minimum atomic E-state index is -4.07. The molecule has 42 heavy (non-hydrogen) atoms. The summed E-state index contributed by atoms with van der Waals surface area (Å²) in [6.45, 7) is 1.29.